The summed E-state index contributed by atoms with van der Waals surface area (Å²) in [4.78, 5) is 4.41. The minimum atomic E-state index is 0.548. The third-order valence-electron chi connectivity index (χ3n) is 2.71. The van der Waals surface area contributed by atoms with Crippen LogP contribution in [0.1, 0.15) is 11.1 Å². The van der Waals surface area contributed by atoms with E-state index < -0.39 is 0 Å². The molecule has 2 aromatic carbocycles. The zero-order valence-corrected chi connectivity index (χ0v) is 10.9. The second kappa shape index (κ2) is 6.56. The second-order valence-electron chi connectivity index (χ2n) is 4.29. The van der Waals surface area contributed by atoms with Crippen molar-refractivity contribution in [2.45, 2.75) is 13.5 Å². The van der Waals surface area contributed by atoms with Gasteiger partial charge < -0.3 is 5.32 Å². The number of nitrogens with zero attached hydrogens (tertiary/aromatic N) is 1. The zero-order chi connectivity index (χ0) is 13.5. The second-order valence-corrected chi connectivity index (χ2v) is 4.29. The minimum absolute atomic E-state index is 0.548. The molecule has 19 heavy (non-hydrogen) atoms. The summed E-state index contributed by atoms with van der Waals surface area (Å²) in [6.45, 7) is 2.65. The first-order valence-electron chi connectivity index (χ1n) is 6.16. The largest absolute Gasteiger partial charge is 0.325 e. The average Bonchev–Trinajstić information content (AvgIpc) is 2.46. The van der Waals surface area contributed by atoms with E-state index >= 15 is 0 Å². The number of rotatable bonds is 3. The molecule has 0 aliphatic carbocycles. The molecule has 4 heteroatoms. The molecule has 0 spiro atoms. The third-order valence-corrected chi connectivity index (χ3v) is 2.71. The highest BCUT2D eigenvalue weighted by molar-refractivity contribution is 5.93. The smallest absolute Gasteiger partial charge is 0.210 e. The van der Waals surface area contributed by atoms with Gasteiger partial charge in [0, 0.05) is 5.69 Å². The molecular formula is C15H18N4. The number of anilines is 1. The fourth-order valence-corrected chi connectivity index (χ4v) is 1.64. The Bertz CT molecular complexity index is 532. The first kappa shape index (κ1) is 13.1. The number of benzene rings is 2. The van der Waals surface area contributed by atoms with E-state index in [4.69, 9.17) is 5.84 Å². The lowest BCUT2D eigenvalue weighted by Gasteiger charge is -2.09. The lowest BCUT2D eigenvalue weighted by molar-refractivity contribution is 0.968. The number of aliphatic imine (C=N–C) groups is 1. The van der Waals surface area contributed by atoms with E-state index in [9.17, 15) is 0 Å². The normalized spacial score (nSPS) is 11.2. The van der Waals surface area contributed by atoms with Crippen LogP contribution in [-0.4, -0.2) is 5.96 Å². The molecule has 0 saturated carbocycles. The molecule has 4 N–H and O–H groups in total. The topological polar surface area (TPSA) is 62.4 Å². The van der Waals surface area contributed by atoms with Gasteiger partial charge in [-0.05, 0) is 24.6 Å². The Balaban J connectivity index is 2.01. The predicted molar refractivity (Wildman–Crippen MR) is 79.7 cm³/mol. The Morgan fingerprint density at radius 3 is 2.37 bits per heavy atom. The van der Waals surface area contributed by atoms with Gasteiger partial charge in [0.1, 0.15) is 0 Å². The quantitative estimate of drug-likeness (QED) is 0.341. The number of aryl methyl sites for hydroxylation is 1. The summed E-state index contributed by atoms with van der Waals surface area (Å²) < 4.78 is 0. The highest BCUT2D eigenvalue weighted by Crippen LogP contribution is 2.06. The van der Waals surface area contributed by atoms with Gasteiger partial charge in [0.25, 0.3) is 0 Å². The van der Waals surface area contributed by atoms with Crippen molar-refractivity contribution in [3.8, 4) is 0 Å². The zero-order valence-electron chi connectivity index (χ0n) is 10.9. The van der Waals surface area contributed by atoms with Gasteiger partial charge in [0.15, 0.2) is 0 Å². The van der Waals surface area contributed by atoms with Crippen LogP contribution < -0.4 is 16.6 Å². The average molecular weight is 254 g/mol. The van der Waals surface area contributed by atoms with E-state index in [1.807, 2.05) is 30.3 Å². The van der Waals surface area contributed by atoms with Crippen LogP contribution in [0.5, 0.6) is 0 Å². The van der Waals surface area contributed by atoms with Crippen molar-refractivity contribution in [2.24, 2.45) is 10.8 Å². The standard InChI is InChI=1S/C15H18N4/c1-12-7-9-13(10-8-12)11-17-15(19-16)18-14-5-3-2-4-6-14/h2-10H,11,16H2,1H3,(H2,17,18,19). The maximum Gasteiger partial charge on any atom is 0.210 e. The molecule has 0 fully saturated rings. The van der Waals surface area contributed by atoms with E-state index in [1.165, 1.54) is 5.56 Å². The lowest BCUT2D eigenvalue weighted by Crippen LogP contribution is -2.36. The van der Waals surface area contributed by atoms with Crippen LogP contribution in [0.4, 0.5) is 5.69 Å². The van der Waals surface area contributed by atoms with Crippen molar-refractivity contribution < 1.29 is 0 Å². The Hall–Kier alpha value is -2.33. The third kappa shape index (κ3) is 4.12. The number of hydrazine groups is 1. The van der Waals surface area contributed by atoms with Crippen molar-refractivity contribution in [2.75, 3.05) is 5.32 Å². The summed E-state index contributed by atoms with van der Waals surface area (Å²) in [5, 5.41) is 3.12. The Kier molecular flexibility index (Phi) is 4.53. The van der Waals surface area contributed by atoms with Gasteiger partial charge in [0.2, 0.25) is 5.96 Å². The van der Waals surface area contributed by atoms with Crippen molar-refractivity contribution in [1.29, 1.82) is 0 Å². The molecule has 0 radical (unpaired) electrons. The van der Waals surface area contributed by atoms with Crippen LogP contribution >= 0.6 is 0 Å². The molecular weight excluding hydrogens is 236 g/mol. The molecule has 0 bridgehead atoms. The summed E-state index contributed by atoms with van der Waals surface area (Å²) in [5.41, 5.74) is 5.91. The van der Waals surface area contributed by atoms with E-state index in [1.54, 1.807) is 0 Å². The number of hydrogen-bond donors (Lipinski definition) is 3. The number of nitrogens with two attached hydrogens (primary N) is 1. The van der Waals surface area contributed by atoms with E-state index in [-0.39, 0.29) is 0 Å². The van der Waals surface area contributed by atoms with Crippen molar-refractivity contribution >= 4 is 11.6 Å². The maximum atomic E-state index is 5.47. The Labute approximate surface area is 113 Å². The molecule has 0 aromatic heterocycles. The number of guanidine groups is 1. The van der Waals surface area contributed by atoms with Crippen molar-refractivity contribution in [3.05, 3.63) is 65.7 Å². The lowest BCUT2D eigenvalue weighted by atomic mass is 10.1. The highest BCUT2D eigenvalue weighted by atomic mass is 15.3. The molecule has 0 aliphatic rings. The van der Waals surface area contributed by atoms with Crippen LogP contribution in [0.2, 0.25) is 0 Å². The van der Waals surface area contributed by atoms with E-state index in [2.05, 4.69) is 46.9 Å². The van der Waals surface area contributed by atoms with Crippen LogP contribution in [0.25, 0.3) is 0 Å². The van der Waals surface area contributed by atoms with Crippen LogP contribution in [0.3, 0.4) is 0 Å². The van der Waals surface area contributed by atoms with Gasteiger partial charge in [-0.1, -0.05) is 48.0 Å². The Morgan fingerprint density at radius 1 is 1.05 bits per heavy atom. The summed E-state index contributed by atoms with van der Waals surface area (Å²) in [6.07, 6.45) is 0. The number of para-hydroxylation sites is 1. The fraction of sp³-hybridized carbons (Fsp3) is 0.133. The number of nitrogens with one attached hydrogen (secondary N) is 2. The molecule has 0 atom stereocenters. The van der Waals surface area contributed by atoms with Crippen LogP contribution in [-0.2, 0) is 6.54 Å². The predicted octanol–water partition coefficient (Wildman–Crippen LogP) is 2.43. The molecule has 4 nitrogen and oxygen atoms in total. The molecule has 0 saturated heterocycles. The molecule has 0 unspecified atom stereocenters. The van der Waals surface area contributed by atoms with Gasteiger partial charge in [-0.2, -0.15) is 0 Å². The minimum Gasteiger partial charge on any atom is -0.325 e. The maximum absolute atomic E-state index is 5.47. The van der Waals surface area contributed by atoms with E-state index in [0.717, 1.165) is 11.3 Å². The summed E-state index contributed by atoms with van der Waals surface area (Å²) in [6, 6.07) is 18.1. The molecule has 0 amide bonds. The fourth-order valence-electron chi connectivity index (χ4n) is 1.64. The van der Waals surface area contributed by atoms with Crippen LogP contribution in [0, 0.1) is 6.92 Å². The molecule has 2 aromatic rings. The molecule has 98 valence electrons. The molecule has 2 rings (SSSR count). The van der Waals surface area contributed by atoms with Gasteiger partial charge in [-0.15, -0.1) is 0 Å². The first-order valence-corrected chi connectivity index (χ1v) is 6.16. The van der Waals surface area contributed by atoms with Crippen molar-refractivity contribution in [1.82, 2.24) is 5.43 Å². The SMILES string of the molecule is Cc1ccc(CN=C(NN)Nc2ccccc2)cc1. The number of hydrogen-bond acceptors (Lipinski definition) is 2. The first-order chi connectivity index (χ1) is 9.28. The van der Waals surface area contributed by atoms with Gasteiger partial charge in [0.05, 0.1) is 6.54 Å². The van der Waals surface area contributed by atoms with Gasteiger partial charge in [-0.25, -0.2) is 10.8 Å². The summed E-state index contributed by atoms with van der Waals surface area (Å²) in [5.74, 6) is 6.01. The monoisotopic (exact) mass is 254 g/mol. The van der Waals surface area contributed by atoms with Gasteiger partial charge >= 0.3 is 0 Å². The Morgan fingerprint density at radius 2 is 1.74 bits per heavy atom. The summed E-state index contributed by atoms with van der Waals surface area (Å²) >= 11 is 0. The van der Waals surface area contributed by atoms with Crippen LogP contribution in [0.15, 0.2) is 59.6 Å². The highest BCUT2D eigenvalue weighted by Gasteiger charge is 1.97. The van der Waals surface area contributed by atoms with E-state index in [0.29, 0.717) is 12.5 Å². The summed E-state index contributed by atoms with van der Waals surface area (Å²) in [7, 11) is 0. The van der Waals surface area contributed by atoms with Gasteiger partial charge in [-0.3, -0.25) is 5.43 Å². The molecule has 0 heterocycles. The van der Waals surface area contributed by atoms with Crippen molar-refractivity contribution in [3.63, 3.8) is 0 Å². The molecule has 0 aliphatic heterocycles.